The van der Waals surface area contributed by atoms with Crippen LogP contribution in [0.25, 0.3) is 0 Å². The molecule has 0 aromatic heterocycles. The van der Waals surface area contributed by atoms with Crippen LogP contribution < -0.4 is 9.91 Å². The van der Waals surface area contributed by atoms with Crippen LogP contribution in [0.4, 0.5) is 17.1 Å². The number of anilines is 2. The van der Waals surface area contributed by atoms with Gasteiger partial charge in [-0.2, -0.15) is 5.10 Å². The molecule has 0 radical (unpaired) electrons. The Labute approximate surface area is 172 Å². The number of nitro benzene ring substituents is 1. The number of ketones is 1. The molecule has 1 saturated heterocycles. The second kappa shape index (κ2) is 6.89. The van der Waals surface area contributed by atoms with Crippen LogP contribution in [-0.4, -0.2) is 34.3 Å². The van der Waals surface area contributed by atoms with Crippen molar-refractivity contribution >= 4 is 56.3 Å². The van der Waals surface area contributed by atoms with Gasteiger partial charge in [-0.1, -0.05) is 28.1 Å². The van der Waals surface area contributed by atoms with Gasteiger partial charge in [0, 0.05) is 17.5 Å². The molecule has 2 atom stereocenters. The summed E-state index contributed by atoms with van der Waals surface area (Å²) in [5.74, 6) is -2.94. The minimum absolute atomic E-state index is 0.0441. The van der Waals surface area contributed by atoms with E-state index < -0.39 is 34.5 Å². The Morgan fingerprint density at radius 1 is 1.10 bits per heavy atom. The number of halogens is 1. The average Bonchev–Trinajstić information content (AvgIpc) is 3.20. The molecule has 0 unspecified atom stereocenters. The first kappa shape index (κ1) is 18.9. The summed E-state index contributed by atoms with van der Waals surface area (Å²) >= 11 is 3.33. The molecule has 0 spiro atoms. The second-order valence-electron chi connectivity index (χ2n) is 6.54. The van der Waals surface area contributed by atoms with Gasteiger partial charge in [-0.25, -0.2) is 4.90 Å². The first-order chi connectivity index (χ1) is 13.8. The SMILES string of the molecule is CC(=O)C1=NN(c2ccc(Br)cc2)[C@H]2C(=O)N(c3ccccc3[N+](=O)[O-])C(=O)[C@@H]12. The Morgan fingerprint density at radius 2 is 1.76 bits per heavy atom. The zero-order valence-electron chi connectivity index (χ0n) is 15.0. The Bertz CT molecular complexity index is 1100. The van der Waals surface area contributed by atoms with E-state index in [4.69, 9.17) is 0 Å². The fourth-order valence-electron chi connectivity index (χ4n) is 3.56. The van der Waals surface area contributed by atoms with E-state index in [0.29, 0.717) is 5.69 Å². The lowest BCUT2D eigenvalue weighted by Gasteiger charge is -2.22. The third kappa shape index (κ3) is 2.92. The van der Waals surface area contributed by atoms with Crippen LogP contribution in [0.5, 0.6) is 0 Å². The van der Waals surface area contributed by atoms with Gasteiger partial charge in [0.2, 0.25) is 5.91 Å². The fraction of sp³-hybridized carbons (Fsp3) is 0.158. The third-order valence-electron chi connectivity index (χ3n) is 4.82. The molecule has 2 heterocycles. The lowest BCUT2D eigenvalue weighted by molar-refractivity contribution is -0.384. The number of amides is 2. The summed E-state index contributed by atoms with van der Waals surface area (Å²) in [4.78, 5) is 50.0. The molecule has 2 aromatic carbocycles. The van der Waals surface area contributed by atoms with E-state index in [2.05, 4.69) is 21.0 Å². The number of hydrogen-bond acceptors (Lipinski definition) is 7. The Morgan fingerprint density at radius 3 is 2.38 bits per heavy atom. The summed E-state index contributed by atoms with van der Waals surface area (Å²) < 4.78 is 0.808. The summed E-state index contributed by atoms with van der Waals surface area (Å²) in [6.45, 7) is 1.27. The van der Waals surface area contributed by atoms with Crippen LogP contribution in [0.15, 0.2) is 58.1 Å². The van der Waals surface area contributed by atoms with E-state index in [-0.39, 0.29) is 17.1 Å². The molecule has 0 bridgehead atoms. The minimum atomic E-state index is -1.12. The van der Waals surface area contributed by atoms with E-state index in [1.54, 1.807) is 24.3 Å². The molecule has 146 valence electrons. The predicted octanol–water partition coefficient (Wildman–Crippen LogP) is 2.68. The zero-order valence-corrected chi connectivity index (χ0v) is 16.6. The summed E-state index contributed by atoms with van der Waals surface area (Å²) in [6, 6.07) is 11.3. The molecule has 29 heavy (non-hydrogen) atoms. The molecule has 0 saturated carbocycles. The van der Waals surface area contributed by atoms with Gasteiger partial charge >= 0.3 is 0 Å². The van der Waals surface area contributed by atoms with Gasteiger partial charge in [-0.15, -0.1) is 0 Å². The lowest BCUT2D eigenvalue weighted by atomic mass is 9.95. The monoisotopic (exact) mass is 456 g/mol. The molecule has 1 fully saturated rings. The van der Waals surface area contributed by atoms with Crippen molar-refractivity contribution in [1.29, 1.82) is 0 Å². The number of para-hydroxylation sites is 2. The summed E-state index contributed by atoms with van der Waals surface area (Å²) in [5, 5.41) is 17.0. The van der Waals surface area contributed by atoms with Crippen LogP contribution in [0.3, 0.4) is 0 Å². The molecule has 10 heteroatoms. The van der Waals surface area contributed by atoms with Crippen molar-refractivity contribution in [2.75, 3.05) is 9.91 Å². The predicted molar refractivity (Wildman–Crippen MR) is 108 cm³/mol. The van der Waals surface area contributed by atoms with Crippen molar-refractivity contribution in [3.8, 4) is 0 Å². The van der Waals surface area contributed by atoms with E-state index in [0.717, 1.165) is 9.37 Å². The van der Waals surface area contributed by atoms with Crippen molar-refractivity contribution in [3.05, 3.63) is 63.1 Å². The fourth-order valence-corrected chi connectivity index (χ4v) is 3.82. The maximum atomic E-state index is 13.2. The van der Waals surface area contributed by atoms with Crippen molar-refractivity contribution in [2.45, 2.75) is 13.0 Å². The first-order valence-electron chi connectivity index (χ1n) is 8.56. The van der Waals surface area contributed by atoms with Crippen molar-refractivity contribution in [3.63, 3.8) is 0 Å². The Kier molecular flexibility index (Phi) is 4.50. The highest BCUT2D eigenvalue weighted by molar-refractivity contribution is 9.10. The Balaban J connectivity index is 1.83. The summed E-state index contributed by atoms with van der Waals surface area (Å²) in [6.07, 6.45) is 0. The number of hydrogen-bond donors (Lipinski definition) is 0. The van der Waals surface area contributed by atoms with Crippen LogP contribution in [-0.2, 0) is 14.4 Å². The van der Waals surface area contributed by atoms with E-state index in [9.17, 15) is 24.5 Å². The molecule has 2 aliphatic heterocycles. The topological polar surface area (TPSA) is 113 Å². The highest BCUT2D eigenvalue weighted by Crippen LogP contribution is 2.40. The van der Waals surface area contributed by atoms with Crippen LogP contribution in [0.1, 0.15) is 6.92 Å². The van der Waals surface area contributed by atoms with Gasteiger partial charge in [0.15, 0.2) is 5.78 Å². The molecule has 4 rings (SSSR count). The third-order valence-corrected chi connectivity index (χ3v) is 5.35. The Hall–Kier alpha value is -3.40. The van der Waals surface area contributed by atoms with Crippen molar-refractivity contribution in [2.24, 2.45) is 11.0 Å². The van der Waals surface area contributed by atoms with Gasteiger partial charge in [0.1, 0.15) is 23.4 Å². The molecule has 0 aliphatic carbocycles. The number of Topliss-reactive ketones (excluding diaryl/α,β-unsaturated/α-hetero) is 1. The van der Waals surface area contributed by atoms with Gasteiger partial charge < -0.3 is 0 Å². The largest absolute Gasteiger partial charge is 0.293 e. The standard InChI is InChI=1S/C19H13BrN4O5/c1-10(25)16-15-17(23(21-16)12-8-6-11(20)7-9-12)19(27)22(18(15)26)13-4-2-3-5-14(13)24(28)29/h2-9,15,17H,1H3/t15-,17+/m0/s1. The number of rotatable bonds is 4. The highest BCUT2D eigenvalue weighted by Gasteiger charge is 2.58. The van der Waals surface area contributed by atoms with Gasteiger partial charge in [0.25, 0.3) is 11.6 Å². The zero-order chi connectivity index (χ0) is 20.9. The molecule has 2 aliphatic rings. The van der Waals surface area contributed by atoms with Crippen molar-refractivity contribution < 1.29 is 19.3 Å². The van der Waals surface area contributed by atoms with Crippen molar-refractivity contribution in [1.82, 2.24) is 0 Å². The number of carbonyl (C=O) groups is 3. The summed E-state index contributed by atoms with van der Waals surface area (Å²) in [7, 11) is 0. The normalized spacial score (nSPS) is 20.7. The maximum absolute atomic E-state index is 13.2. The van der Waals surface area contributed by atoms with E-state index in [1.165, 1.54) is 36.2 Å². The number of hydrazone groups is 1. The second-order valence-corrected chi connectivity index (χ2v) is 7.46. The highest BCUT2D eigenvalue weighted by atomic mass is 79.9. The molecule has 2 amide bonds. The van der Waals surface area contributed by atoms with Crippen LogP contribution in [0, 0.1) is 16.0 Å². The molecular formula is C19H13BrN4O5. The number of nitrogens with zero attached hydrogens (tertiary/aromatic N) is 4. The summed E-state index contributed by atoms with van der Waals surface area (Å²) in [5.41, 5.74) is -0.0198. The quantitative estimate of drug-likeness (QED) is 0.396. The molecule has 9 nitrogen and oxygen atoms in total. The maximum Gasteiger partial charge on any atom is 0.293 e. The first-order valence-corrected chi connectivity index (χ1v) is 9.36. The van der Waals surface area contributed by atoms with Crippen LogP contribution in [0.2, 0.25) is 0 Å². The lowest BCUT2D eigenvalue weighted by Crippen LogP contribution is -2.39. The minimum Gasteiger partial charge on any atom is -0.293 e. The van der Waals surface area contributed by atoms with Gasteiger partial charge in [-0.05, 0) is 30.3 Å². The van der Waals surface area contributed by atoms with Crippen LogP contribution >= 0.6 is 15.9 Å². The number of carbonyl (C=O) groups excluding carboxylic acids is 3. The average molecular weight is 457 g/mol. The number of fused-ring (bicyclic) bond motifs is 1. The van der Waals surface area contributed by atoms with E-state index >= 15 is 0 Å². The molecule has 0 N–H and O–H groups in total. The van der Waals surface area contributed by atoms with E-state index in [1.807, 2.05) is 0 Å². The smallest absolute Gasteiger partial charge is 0.293 e. The molecule has 2 aromatic rings. The number of benzene rings is 2. The number of imide groups is 1. The van der Waals surface area contributed by atoms with Gasteiger partial charge in [-0.3, -0.25) is 29.5 Å². The molecular weight excluding hydrogens is 444 g/mol. The number of nitro groups is 1. The van der Waals surface area contributed by atoms with Gasteiger partial charge in [0.05, 0.1) is 10.6 Å².